The van der Waals surface area contributed by atoms with E-state index in [1.807, 2.05) is 42.3 Å². The number of aryl methyl sites for hydroxylation is 1. The van der Waals surface area contributed by atoms with Crippen molar-refractivity contribution in [3.8, 4) is 0 Å². The van der Waals surface area contributed by atoms with E-state index in [4.69, 9.17) is 4.42 Å². The molecule has 1 fully saturated rings. The molecule has 0 N–H and O–H groups in total. The summed E-state index contributed by atoms with van der Waals surface area (Å²) >= 11 is 0. The minimum atomic E-state index is -0.0267. The largest absolute Gasteiger partial charge is 0.444 e. The Bertz CT molecular complexity index is 761. The van der Waals surface area contributed by atoms with Crippen molar-refractivity contribution in [1.82, 2.24) is 14.8 Å². The van der Waals surface area contributed by atoms with Crippen LogP contribution in [0.25, 0.3) is 0 Å². The molecule has 5 nitrogen and oxygen atoms in total. The molecule has 0 saturated carbocycles. The third-order valence-corrected chi connectivity index (χ3v) is 4.79. The molecular formula is C21H29N3O2. The molecule has 26 heavy (non-hydrogen) atoms. The molecule has 2 heterocycles. The number of rotatable bonds is 3. The van der Waals surface area contributed by atoms with E-state index in [9.17, 15) is 4.79 Å². The SMILES string of the molecule is Cc1cccc(C(=O)N2CCCN(Cc3ncc(C(C)(C)C)o3)CC2)c1. The summed E-state index contributed by atoms with van der Waals surface area (Å²) in [5.41, 5.74) is 1.87. The first-order valence-electron chi connectivity index (χ1n) is 9.36. The standard InChI is InChI=1S/C21H29N3O2/c1-16-7-5-8-17(13-16)20(25)24-10-6-9-23(11-12-24)15-19-22-14-18(26-19)21(2,3)4/h5,7-8,13-14H,6,9-12,15H2,1-4H3. The lowest BCUT2D eigenvalue weighted by atomic mass is 9.94. The maximum Gasteiger partial charge on any atom is 0.253 e. The van der Waals surface area contributed by atoms with Crippen LogP contribution in [0.15, 0.2) is 34.9 Å². The van der Waals surface area contributed by atoms with Crippen molar-refractivity contribution >= 4 is 5.91 Å². The molecule has 1 aliphatic heterocycles. The van der Waals surface area contributed by atoms with E-state index >= 15 is 0 Å². The Kier molecular flexibility index (Phi) is 5.47. The van der Waals surface area contributed by atoms with Gasteiger partial charge in [0, 0.05) is 37.2 Å². The molecule has 2 aromatic rings. The number of hydrogen-bond acceptors (Lipinski definition) is 4. The summed E-state index contributed by atoms with van der Waals surface area (Å²) in [7, 11) is 0. The van der Waals surface area contributed by atoms with E-state index in [1.165, 1.54) is 0 Å². The van der Waals surface area contributed by atoms with Crippen LogP contribution < -0.4 is 0 Å². The first-order valence-corrected chi connectivity index (χ1v) is 9.36. The van der Waals surface area contributed by atoms with Crippen molar-refractivity contribution < 1.29 is 9.21 Å². The number of carbonyl (C=O) groups is 1. The molecule has 0 unspecified atom stereocenters. The molecule has 0 aliphatic carbocycles. The van der Waals surface area contributed by atoms with Gasteiger partial charge in [-0.3, -0.25) is 9.69 Å². The molecule has 0 bridgehead atoms. The fraction of sp³-hybridized carbons (Fsp3) is 0.524. The van der Waals surface area contributed by atoms with Gasteiger partial charge in [0.05, 0.1) is 12.7 Å². The lowest BCUT2D eigenvalue weighted by molar-refractivity contribution is 0.0760. The molecule has 1 aromatic heterocycles. The van der Waals surface area contributed by atoms with Crippen LogP contribution in [0, 0.1) is 6.92 Å². The van der Waals surface area contributed by atoms with Crippen LogP contribution in [0.4, 0.5) is 0 Å². The van der Waals surface area contributed by atoms with Crippen LogP contribution in [-0.2, 0) is 12.0 Å². The van der Waals surface area contributed by atoms with Gasteiger partial charge in [0.2, 0.25) is 5.89 Å². The van der Waals surface area contributed by atoms with E-state index in [0.717, 1.165) is 55.4 Å². The van der Waals surface area contributed by atoms with Crippen LogP contribution in [0.5, 0.6) is 0 Å². The second-order valence-electron chi connectivity index (χ2n) is 8.16. The number of oxazole rings is 1. The van der Waals surface area contributed by atoms with Gasteiger partial charge in [-0.1, -0.05) is 38.5 Å². The predicted molar refractivity (Wildman–Crippen MR) is 102 cm³/mol. The highest BCUT2D eigenvalue weighted by Crippen LogP contribution is 2.23. The van der Waals surface area contributed by atoms with Gasteiger partial charge in [0.1, 0.15) is 5.76 Å². The monoisotopic (exact) mass is 355 g/mol. The fourth-order valence-corrected chi connectivity index (χ4v) is 3.21. The zero-order valence-corrected chi connectivity index (χ0v) is 16.3. The van der Waals surface area contributed by atoms with Crippen molar-refractivity contribution in [2.75, 3.05) is 26.2 Å². The van der Waals surface area contributed by atoms with Crippen LogP contribution in [0.1, 0.15) is 54.8 Å². The van der Waals surface area contributed by atoms with Crippen LogP contribution >= 0.6 is 0 Å². The first kappa shape index (κ1) is 18.6. The third kappa shape index (κ3) is 4.52. The Balaban J connectivity index is 1.60. The quantitative estimate of drug-likeness (QED) is 0.844. The van der Waals surface area contributed by atoms with Gasteiger partial charge >= 0.3 is 0 Å². The first-order chi connectivity index (χ1) is 12.3. The van der Waals surface area contributed by atoms with Gasteiger partial charge in [-0.15, -0.1) is 0 Å². The highest BCUT2D eigenvalue weighted by atomic mass is 16.4. The van der Waals surface area contributed by atoms with Gasteiger partial charge in [0.25, 0.3) is 5.91 Å². The van der Waals surface area contributed by atoms with Gasteiger partial charge in [0.15, 0.2) is 0 Å². The molecule has 3 rings (SSSR count). The zero-order valence-electron chi connectivity index (χ0n) is 16.3. The van der Waals surface area contributed by atoms with E-state index in [1.54, 1.807) is 0 Å². The highest BCUT2D eigenvalue weighted by Gasteiger charge is 2.23. The molecule has 1 saturated heterocycles. The van der Waals surface area contributed by atoms with E-state index in [-0.39, 0.29) is 11.3 Å². The van der Waals surface area contributed by atoms with Gasteiger partial charge in [-0.2, -0.15) is 0 Å². The smallest absolute Gasteiger partial charge is 0.253 e. The van der Waals surface area contributed by atoms with E-state index in [0.29, 0.717) is 6.54 Å². The highest BCUT2D eigenvalue weighted by molar-refractivity contribution is 5.94. The summed E-state index contributed by atoms with van der Waals surface area (Å²) < 4.78 is 5.92. The fourth-order valence-electron chi connectivity index (χ4n) is 3.21. The molecule has 1 aliphatic rings. The summed E-state index contributed by atoms with van der Waals surface area (Å²) in [5.74, 6) is 1.80. The van der Waals surface area contributed by atoms with Crippen LogP contribution in [0.3, 0.4) is 0 Å². The Morgan fingerprint density at radius 3 is 2.69 bits per heavy atom. The van der Waals surface area contributed by atoms with Crippen molar-refractivity contribution in [2.45, 2.75) is 46.1 Å². The van der Waals surface area contributed by atoms with Gasteiger partial charge in [-0.05, 0) is 25.5 Å². The van der Waals surface area contributed by atoms with Gasteiger partial charge < -0.3 is 9.32 Å². The van der Waals surface area contributed by atoms with Crippen molar-refractivity contribution in [1.29, 1.82) is 0 Å². The summed E-state index contributed by atoms with van der Waals surface area (Å²) in [6, 6.07) is 7.83. The average molecular weight is 355 g/mol. The Morgan fingerprint density at radius 1 is 1.19 bits per heavy atom. The Morgan fingerprint density at radius 2 is 2.00 bits per heavy atom. The number of nitrogens with zero attached hydrogens (tertiary/aromatic N) is 3. The Labute approximate surface area is 156 Å². The summed E-state index contributed by atoms with van der Waals surface area (Å²) in [6.07, 6.45) is 2.80. The number of aromatic nitrogens is 1. The number of carbonyl (C=O) groups excluding carboxylic acids is 1. The average Bonchev–Trinajstić information content (AvgIpc) is 2.94. The maximum atomic E-state index is 12.8. The van der Waals surface area contributed by atoms with Crippen molar-refractivity contribution in [2.24, 2.45) is 0 Å². The minimum Gasteiger partial charge on any atom is -0.444 e. The molecule has 0 radical (unpaired) electrons. The molecule has 1 amide bonds. The third-order valence-electron chi connectivity index (χ3n) is 4.79. The van der Waals surface area contributed by atoms with Gasteiger partial charge in [-0.25, -0.2) is 4.98 Å². The second-order valence-corrected chi connectivity index (χ2v) is 8.16. The number of amides is 1. The lowest BCUT2D eigenvalue weighted by Gasteiger charge is -2.21. The van der Waals surface area contributed by atoms with Crippen LogP contribution in [-0.4, -0.2) is 46.9 Å². The summed E-state index contributed by atoms with van der Waals surface area (Å²) in [6.45, 7) is 12.4. The van der Waals surface area contributed by atoms with Crippen molar-refractivity contribution in [3.05, 3.63) is 53.2 Å². The molecule has 0 spiro atoms. The topological polar surface area (TPSA) is 49.6 Å². The minimum absolute atomic E-state index is 0.0267. The molecule has 0 atom stereocenters. The second kappa shape index (κ2) is 7.62. The number of hydrogen-bond donors (Lipinski definition) is 0. The number of benzene rings is 1. The van der Waals surface area contributed by atoms with E-state index in [2.05, 4.69) is 30.7 Å². The molecule has 140 valence electrons. The van der Waals surface area contributed by atoms with Crippen molar-refractivity contribution in [3.63, 3.8) is 0 Å². The lowest BCUT2D eigenvalue weighted by Crippen LogP contribution is -2.35. The normalized spacial score (nSPS) is 16.5. The Hall–Kier alpha value is -2.14. The summed E-state index contributed by atoms with van der Waals surface area (Å²) in [5, 5.41) is 0. The summed E-state index contributed by atoms with van der Waals surface area (Å²) in [4.78, 5) is 21.5. The molecule has 1 aromatic carbocycles. The molecule has 5 heteroatoms. The zero-order chi connectivity index (χ0) is 18.7. The predicted octanol–water partition coefficient (Wildman–Crippen LogP) is 3.63. The maximum absolute atomic E-state index is 12.8. The molecular weight excluding hydrogens is 326 g/mol. The van der Waals surface area contributed by atoms with Crippen LogP contribution in [0.2, 0.25) is 0 Å². The van der Waals surface area contributed by atoms with E-state index < -0.39 is 0 Å².